The van der Waals surface area contributed by atoms with E-state index in [0.717, 1.165) is 5.76 Å². The zero-order valence-corrected chi connectivity index (χ0v) is 10.8. The molecule has 1 aromatic carbocycles. The topological polar surface area (TPSA) is 42.2 Å². The van der Waals surface area contributed by atoms with Crippen LogP contribution >= 0.6 is 0 Å². The molecule has 18 heavy (non-hydrogen) atoms. The second-order valence-corrected chi connectivity index (χ2v) is 5.24. The molecule has 1 heterocycles. The van der Waals surface area contributed by atoms with E-state index in [1.165, 1.54) is 12.1 Å². The molecular weight excluding hydrogens is 253 g/mol. The average molecular weight is 267 g/mol. The second-order valence-electron chi connectivity index (χ2n) is 3.82. The Morgan fingerprint density at radius 1 is 1.22 bits per heavy atom. The first-order chi connectivity index (χ1) is 8.70. The predicted octanol–water partition coefficient (Wildman–Crippen LogP) is 2.45. The Balaban J connectivity index is 2.09. The van der Waals surface area contributed by atoms with Gasteiger partial charge in [0.05, 0.1) is 28.0 Å². The van der Waals surface area contributed by atoms with Crippen molar-refractivity contribution in [2.45, 2.75) is 17.2 Å². The van der Waals surface area contributed by atoms with Crippen LogP contribution in [0.2, 0.25) is 0 Å². The van der Waals surface area contributed by atoms with E-state index in [-0.39, 0.29) is 10.6 Å². The van der Waals surface area contributed by atoms with Crippen molar-refractivity contribution in [3.8, 4) is 0 Å². The van der Waals surface area contributed by atoms with Gasteiger partial charge in [-0.25, -0.2) is 4.39 Å². The van der Waals surface area contributed by atoms with Crippen LogP contribution in [0.1, 0.15) is 11.5 Å². The summed E-state index contributed by atoms with van der Waals surface area (Å²) in [7, 11) is 0.393. The van der Waals surface area contributed by atoms with Crippen molar-refractivity contribution in [2.75, 3.05) is 7.05 Å². The van der Waals surface area contributed by atoms with Gasteiger partial charge in [0.2, 0.25) is 0 Å². The summed E-state index contributed by atoms with van der Waals surface area (Å²) in [5, 5.41) is 2.96. The molecule has 0 aliphatic carbocycles. The number of hydrogen-bond donors (Lipinski definition) is 1. The number of rotatable bonds is 5. The van der Waals surface area contributed by atoms with E-state index in [0.29, 0.717) is 12.3 Å². The summed E-state index contributed by atoms with van der Waals surface area (Å²) in [4.78, 5) is 0.212. The molecule has 0 aliphatic rings. The minimum Gasteiger partial charge on any atom is -0.464 e. The SMILES string of the molecule is CNCc1ccc(CS(=O)c2ccccc2F)o1. The van der Waals surface area contributed by atoms with Gasteiger partial charge in [-0.05, 0) is 31.3 Å². The highest BCUT2D eigenvalue weighted by atomic mass is 32.2. The standard InChI is InChI=1S/C13H14FNO2S/c1-15-8-10-6-7-11(17-10)9-18(16)13-5-3-2-4-12(13)14/h2-7,15H,8-9H2,1H3. The van der Waals surface area contributed by atoms with Crippen LogP contribution < -0.4 is 5.32 Å². The Morgan fingerprint density at radius 2 is 1.94 bits per heavy atom. The van der Waals surface area contributed by atoms with E-state index >= 15 is 0 Å². The van der Waals surface area contributed by atoms with Gasteiger partial charge in [0, 0.05) is 0 Å². The van der Waals surface area contributed by atoms with Crippen LogP contribution in [0.3, 0.4) is 0 Å². The van der Waals surface area contributed by atoms with Crippen LogP contribution in [0.25, 0.3) is 0 Å². The molecule has 2 rings (SSSR count). The molecule has 0 amide bonds. The molecule has 0 radical (unpaired) electrons. The lowest BCUT2D eigenvalue weighted by Gasteiger charge is -2.01. The monoisotopic (exact) mass is 267 g/mol. The highest BCUT2D eigenvalue weighted by molar-refractivity contribution is 7.84. The summed E-state index contributed by atoms with van der Waals surface area (Å²) in [6.45, 7) is 0.617. The van der Waals surface area contributed by atoms with Crippen molar-refractivity contribution < 1.29 is 13.0 Å². The normalized spacial score (nSPS) is 12.6. The van der Waals surface area contributed by atoms with Crippen LogP contribution in [0.4, 0.5) is 4.39 Å². The van der Waals surface area contributed by atoms with Gasteiger partial charge in [0.1, 0.15) is 17.3 Å². The maximum absolute atomic E-state index is 13.4. The highest BCUT2D eigenvalue weighted by Crippen LogP contribution is 2.17. The Hall–Kier alpha value is -1.46. The first-order valence-corrected chi connectivity index (χ1v) is 6.87. The summed E-state index contributed by atoms with van der Waals surface area (Å²) < 4.78 is 30.9. The van der Waals surface area contributed by atoms with Crippen molar-refractivity contribution in [2.24, 2.45) is 0 Å². The zero-order valence-electron chi connectivity index (χ0n) is 9.98. The maximum atomic E-state index is 13.4. The second kappa shape index (κ2) is 5.93. The van der Waals surface area contributed by atoms with Gasteiger partial charge in [0.25, 0.3) is 0 Å². The summed E-state index contributed by atoms with van der Waals surface area (Å²) in [5.41, 5.74) is 0. The summed E-state index contributed by atoms with van der Waals surface area (Å²) in [5.74, 6) is 1.11. The highest BCUT2D eigenvalue weighted by Gasteiger charge is 2.12. The average Bonchev–Trinajstić information content (AvgIpc) is 2.77. The molecule has 0 bridgehead atoms. The lowest BCUT2D eigenvalue weighted by molar-refractivity contribution is 0.467. The quantitative estimate of drug-likeness (QED) is 0.904. The fourth-order valence-corrected chi connectivity index (χ4v) is 2.69. The van der Waals surface area contributed by atoms with Crippen LogP contribution in [0.5, 0.6) is 0 Å². The molecule has 1 N–H and O–H groups in total. The largest absolute Gasteiger partial charge is 0.464 e. The lowest BCUT2D eigenvalue weighted by atomic mass is 10.3. The summed E-state index contributed by atoms with van der Waals surface area (Å²) >= 11 is 0. The smallest absolute Gasteiger partial charge is 0.139 e. The number of nitrogens with one attached hydrogen (secondary N) is 1. The van der Waals surface area contributed by atoms with Gasteiger partial charge in [-0.3, -0.25) is 4.21 Å². The van der Waals surface area contributed by atoms with E-state index in [4.69, 9.17) is 4.42 Å². The molecule has 0 spiro atoms. The minimum absolute atomic E-state index is 0.185. The molecule has 1 atom stereocenters. The van der Waals surface area contributed by atoms with E-state index in [9.17, 15) is 8.60 Å². The van der Waals surface area contributed by atoms with Crippen LogP contribution in [0.15, 0.2) is 45.7 Å². The van der Waals surface area contributed by atoms with Crippen LogP contribution in [-0.4, -0.2) is 11.3 Å². The van der Waals surface area contributed by atoms with Crippen molar-refractivity contribution >= 4 is 10.8 Å². The first kappa shape index (κ1) is 13.0. The third kappa shape index (κ3) is 3.05. The van der Waals surface area contributed by atoms with Gasteiger partial charge in [-0.1, -0.05) is 12.1 Å². The Kier molecular flexibility index (Phi) is 4.28. The third-order valence-corrected chi connectivity index (χ3v) is 3.79. The van der Waals surface area contributed by atoms with Crippen LogP contribution in [0, 0.1) is 5.82 Å². The molecule has 0 aliphatic heterocycles. The lowest BCUT2D eigenvalue weighted by Crippen LogP contribution is -2.03. The van der Waals surface area contributed by atoms with Gasteiger partial charge in [0.15, 0.2) is 0 Å². The molecule has 0 saturated heterocycles. The molecular formula is C13H14FNO2S. The summed E-state index contributed by atoms with van der Waals surface area (Å²) in [6, 6.07) is 9.68. The van der Waals surface area contributed by atoms with Gasteiger partial charge < -0.3 is 9.73 Å². The fraction of sp³-hybridized carbons (Fsp3) is 0.231. The predicted molar refractivity (Wildman–Crippen MR) is 68.0 cm³/mol. The molecule has 1 aromatic heterocycles. The van der Waals surface area contributed by atoms with Gasteiger partial charge in [-0.15, -0.1) is 0 Å². The molecule has 5 heteroatoms. The summed E-state index contributed by atoms with van der Waals surface area (Å²) in [6.07, 6.45) is 0. The van der Waals surface area contributed by atoms with Gasteiger partial charge >= 0.3 is 0 Å². The Bertz CT molecular complexity index is 553. The molecule has 0 saturated carbocycles. The first-order valence-electron chi connectivity index (χ1n) is 5.56. The molecule has 3 nitrogen and oxygen atoms in total. The Morgan fingerprint density at radius 3 is 2.67 bits per heavy atom. The number of furan rings is 1. The van der Waals surface area contributed by atoms with E-state index < -0.39 is 16.6 Å². The number of halogens is 1. The van der Waals surface area contributed by atoms with Crippen molar-refractivity contribution in [1.82, 2.24) is 5.32 Å². The van der Waals surface area contributed by atoms with E-state index in [1.807, 2.05) is 13.1 Å². The maximum Gasteiger partial charge on any atom is 0.139 e. The number of hydrogen-bond acceptors (Lipinski definition) is 3. The van der Waals surface area contributed by atoms with Gasteiger partial charge in [-0.2, -0.15) is 0 Å². The fourth-order valence-electron chi connectivity index (χ4n) is 1.61. The zero-order chi connectivity index (χ0) is 13.0. The Labute approximate surface area is 107 Å². The van der Waals surface area contributed by atoms with E-state index in [1.54, 1.807) is 18.2 Å². The molecule has 2 aromatic rings. The third-order valence-electron chi connectivity index (χ3n) is 2.42. The van der Waals surface area contributed by atoms with Crippen molar-refractivity contribution in [3.63, 3.8) is 0 Å². The number of benzene rings is 1. The van der Waals surface area contributed by atoms with Crippen molar-refractivity contribution in [3.05, 3.63) is 53.7 Å². The molecule has 1 unspecified atom stereocenters. The molecule has 0 fully saturated rings. The van der Waals surface area contributed by atoms with Crippen molar-refractivity contribution in [1.29, 1.82) is 0 Å². The van der Waals surface area contributed by atoms with Crippen LogP contribution in [-0.2, 0) is 23.1 Å². The minimum atomic E-state index is -1.43. The molecule has 96 valence electrons. The van der Waals surface area contributed by atoms with E-state index in [2.05, 4.69) is 5.32 Å².